The number of aliphatic hydroxyl groups excluding tert-OH is 2. The standard InChI is InChI=1S/C16H22O4/c1-8(2)9-4-5-16(3)11(9)6-10-14(19)12(17)7-13(18)15(10)20-16/h9,11-13,17-18H,1,4-7H2,2-3H3. The minimum atomic E-state index is -1.10. The second-order valence-electron chi connectivity index (χ2n) is 6.69. The molecule has 0 bridgehead atoms. The van der Waals surface area contributed by atoms with E-state index < -0.39 is 12.2 Å². The summed E-state index contributed by atoms with van der Waals surface area (Å²) < 4.78 is 6.07. The SMILES string of the molecule is C=C(C)C1CCC2(C)OC3=C(CC12)C(=O)C(O)CC3O. The fraction of sp³-hybridized carbons (Fsp3) is 0.688. The van der Waals surface area contributed by atoms with Crippen molar-refractivity contribution in [2.75, 3.05) is 0 Å². The Hall–Kier alpha value is -1.13. The molecule has 0 aromatic rings. The first kappa shape index (κ1) is 13.8. The molecule has 0 radical (unpaired) electrons. The molecule has 3 rings (SSSR count). The molecular formula is C16H22O4. The summed E-state index contributed by atoms with van der Waals surface area (Å²) in [7, 11) is 0. The third-order valence-corrected chi connectivity index (χ3v) is 5.27. The highest BCUT2D eigenvalue weighted by Crippen LogP contribution is 2.53. The van der Waals surface area contributed by atoms with Gasteiger partial charge in [0, 0.05) is 17.9 Å². The Morgan fingerprint density at radius 3 is 2.75 bits per heavy atom. The molecule has 2 aliphatic carbocycles. The lowest BCUT2D eigenvalue weighted by molar-refractivity contribution is -0.133. The van der Waals surface area contributed by atoms with Gasteiger partial charge in [0.25, 0.3) is 0 Å². The van der Waals surface area contributed by atoms with Gasteiger partial charge >= 0.3 is 0 Å². The van der Waals surface area contributed by atoms with Crippen molar-refractivity contribution in [3.05, 3.63) is 23.5 Å². The maximum atomic E-state index is 12.2. The van der Waals surface area contributed by atoms with Crippen LogP contribution in [0.3, 0.4) is 0 Å². The molecule has 20 heavy (non-hydrogen) atoms. The Labute approximate surface area is 119 Å². The van der Waals surface area contributed by atoms with Crippen LogP contribution in [0.1, 0.15) is 39.5 Å². The lowest BCUT2D eigenvalue weighted by atomic mass is 9.74. The van der Waals surface area contributed by atoms with Crippen molar-refractivity contribution in [2.45, 2.75) is 57.3 Å². The minimum absolute atomic E-state index is 0.0440. The fourth-order valence-electron chi connectivity index (χ4n) is 4.08. The number of Topliss-reactive ketones (excluding diaryl/α,β-unsaturated/α-hetero) is 1. The maximum Gasteiger partial charge on any atom is 0.190 e. The average Bonchev–Trinajstić information content (AvgIpc) is 2.71. The van der Waals surface area contributed by atoms with Crippen LogP contribution in [-0.4, -0.2) is 33.8 Å². The van der Waals surface area contributed by atoms with E-state index in [1.807, 2.05) is 6.92 Å². The highest BCUT2D eigenvalue weighted by Gasteiger charge is 2.53. The summed E-state index contributed by atoms with van der Waals surface area (Å²) in [5, 5.41) is 19.8. The van der Waals surface area contributed by atoms with Gasteiger partial charge in [-0.15, -0.1) is 0 Å². The second kappa shape index (κ2) is 4.43. The van der Waals surface area contributed by atoms with Crippen molar-refractivity contribution in [3.8, 4) is 0 Å². The van der Waals surface area contributed by atoms with Crippen LogP contribution < -0.4 is 0 Å². The van der Waals surface area contributed by atoms with Crippen LogP contribution in [-0.2, 0) is 9.53 Å². The molecule has 0 saturated heterocycles. The summed E-state index contributed by atoms with van der Waals surface area (Å²) in [6.45, 7) is 8.14. The molecule has 4 heteroatoms. The third kappa shape index (κ3) is 1.85. The van der Waals surface area contributed by atoms with Crippen LogP contribution in [0.5, 0.6) is 0 Å². The molecule has 4 nitrogen and oxygen atoms in total. The smallest absolute Gasteiger partial charge is 0.190 e. The van der Waals surface area contributed by atoms with Gasteiger partial charge < -0.3 is 14.9 Å². The van der Waals surface area contributed by atoms with E-state index in [1.54, 1.807) is 0 Å². The third-order valence-electron chi connectivity index (χ3n) is 5.27. The van der Waals surface area contributed by atoms with Crippen LogP contribution in [0.15, 0.2) is 23.5 Å². The van der Waals surface area contributed by atoms with Crippen LogP contribution in [0, 0.1) is 11.8 Å². The van der Waals surface area contributed by atoms with E-state index in [0.29, 0.717) is 23.7 Å². The highest BCUT2D eigenvalue weighted by atomic mass is 16.5. The normalized spacial score (nSPS) is 43.9. The zero-order valence-corrected chi connectivity index (χ0v) is 12.1. The minimum Gasteiger partial charge on any atom is -0.488 e. The molecule has 5 unspecified atom stereocenters. The molecule has 2 N–H and O–H groups in total. The molecule has 110 valence electrons. The quantitative estimate of drug-likeness (QED) is 0.717. The molecule has 0 amide bonds. The second-order valence-corrected chi connectivity index (χ2v) is 6.69. The zero-order chi connectivity index (χ0) is 14.7. The van der Waals surface area contributed by atoms with Crippen molar-refractivity contribution >= 4 is 5.78 Å². The van der Waals surface area contributed by atoms with Gasteiger partial charge in [0.15, 0.2) is 5.78 Å². The van der Waals surface area contributed by atoms with Crippen LogP contribution in [0.2, 0.25) is 0 Å². The van der Waals surface area contributed by atoms with Crippen LogP contribution in [0.25, 0.3) is 0 Å². The van der Waals surface area contributed by atoms with E-state index in [2.05, 4.69) is 13.5 Å². The van der Waals surface area contributed by atoms with E-state index in [0.717, 1.165) is 18.4 Å². The number of carbonyl (C=O) groups is 1. The number of ether oxygens (including phenoxy) is 1. The topological polar surface area (TPSA) is 66.8 Å². The highest BCUT2D eigenvalue weighted by molar-refractivity contribution is 6.00. The van der Waals surface area contributed by atoms with E-state index in [4.69, 9.17) is 4.74 Å². The predicted octanol–water partition coefficient (Wildman–Crippen LogP) is 1.72. The maximum absolute atomic E-state index is 12.2. The number of rotatable bonds is 1. The van der Waals surface area contributed by atoms with E-state index in [1.165, 1.54) is 0 Å². The van der Waals surface area contributed by atoms with Crippen molar-refractivity contribution < 1.29 is 19.7 Å². The molecular weight excluding hydrogens is 256 g/mol. The van der Waals surface area contributed by atoms with Gasteiger partial charge in [-0.25, -0.2) is 0 Å². The van der Waals surface area contributed by atoms with E-state index >= 15 is 0 Å². The van der Waals surface area contributed by atoms with Gasteiger partial charge in [-0.2, -0.15) is 0 Å². The Morgan fingerprint density at radius 1 is 1.40 bits per heavy atom. The Bertz CT molecular complexity index is 507. The number of aliphatic hydroxyl groups is 2. The molecule has 1 saturated carbocycles. The fourth-order valence-corrected chi connectivity index (χ4v) is 4.08. The summed E-state index contributed by atoms with van der Waals surface area (Å²) in [4.78, 5) is 12.2. The van der Waals surface area contributed by atoms with Gasteiger partial charge in [-0.1, -0.05) is 12.2 Å². The number of fused-ring (bicyclic) bond motifs is 1. The molecule has 0 aromatic heterocycles. The first-order valence-electron chi connectivity index (χ1n) is 7.31. The lowest BCUT2D eigenvalue weighted by Gasteiger charge is -2.44. The summed E-state index contributed by atoms with van der Waals surface area (Å²) in [5.74, 6) is 0.680. The molecule has 5 atom stereocenters. The Kier molecular flexibility index (Phi) is 3.07. The zero-order valence-electron chi connectivity index (χ0n) is 12.1. The van der Waals surface area contributed by atoms with Crippen LogP contribution >= 0.6 is 0 Å². The number of hydrogen-bond donors (Lipinski definition) is 2. The van der Waals surface area contributed by atoms with Gasteiger partial charge in [0.05, 0.1) is 0 Å². The Balaban J connectivity index is 1.99. The van der Waals surface area contributed by atoms with Crippen molar-refractivity contribution in [1.29, 1.82) is 0 Å². The van der Waals surface area contributed by atoms with E-state index in [-0.39, 0.29) is 23.7 Å². The lowest BCUT2D eigenvalue weighted by Crippen LogP contribution is -2.47. The van der Waals surface area contributed by atoms with E-state index in [9.17, 15) is 15.0 Å². The first-order valence-corrected chi connectivity index (χ1v) is 7.31. The molecule has 0 aromatic carbocycles. The molecule has 1 fully saturated rings. The Morgan fingerprint density at radius 2 is 2.10 bits per heavy atom. The van der Waals surface area contributed by atoms with Crippen molar-refractivity contribution in [1.82, 2.24) is 0 Å². The molecule has 1 aliphatic heterocycles. The number of hydrogen-bond acceptors (Lipinski definition) is 4. The average molecular weight is 278 g/mol. The monoisotopic (exact) mass is 278 g/mol. The predicted molar refractivity (Wildman–Crippen MR) is 73.8 cm³/mol. The first-order chi connectivity index (χ1) is 9.33. The summed E-state index contributed by atoms with van der Waals surface area (Å²) >= 11 is 0. The van der Waals surface area contributed by atoms with Gasteiger partial charge in [0.1, 0.15) is 23.6 Å². The summed E-state index contributed by atoms with van der Waals surface area (Å²) in [6, 6.07) is 0. The largest absolute Gasteiger partial charge is 0.488 e. The number of allylic oxidation sites excluding steroid dienone is 1. The summed E-state index contributed by atoms with van der Waals surface area (Å²) in [5.41, 5.74) is 1.29. The van der Waals surface area contributed by atoms with Crippen LogP contribution in [0.4, 0.5) is 0 Å². The molecule has 0 spiro atoms. The van der Waals surface area contributed by atoms with Gasteiger partial charge in [-0.3, -0.25) is 4.79 Å². The molecule has 1 heterocycles. The van der Waals surface area contributed by atoms with Gasteiger partial charge in [0.2, 0.25) is 0 Å². The number of carbonyl (C=O) groups excluding carboxylic acids is 1. The number of ketones is 1. The van der Waals surface area contributed by atoms with Gasteiger partial charge in [-0.05, 0) is 39.0 Å². The summed E-state index contributed by atoms with van der Waals surface area (Å²) in [6.07, 6.45) is 0.582. The van der Waals surface area contributed by atoms with Crippen molar-refractivity contribution in [2.24, 2.45) is 11.8 Å². The van der Waals surface area contributed by atoms with Crippen molar-refractivity contribution in [3.63, 3.8) is 0 Å². The molecule has 3 aliphatic rings.